The Bertz CT molecular complexity index is 741. The number of nitrogens with zero attached hydrogens (tertiary/aromatic N) is 3. The summed E-state index contributed by atoms with van der Waals surface area (Å²) in [5.74, 6) is 0.433. The Kier molecular flexibility index (Phi) is 3.48. The molecule has 1 atom stereocenters. The van der Waals surface area contributed by atoms with Gasteiger partial charge in [-0.2, -0.15) is 4.31 Å². The van der Waals surface area contributed by atoms with Crippen molar-refractivity contribution in [2.24, 2.45) is 5.92 Å². The standard InChI is InChI=1S/C13H16ClN3O2S/c1-2-10-6-8-16(9-10)20(18,19)13-12(14)15-11-5-3-4-7-17(11)13/h3-5,7,10H,2,6,8-9H2,1H3. The Balaban J connectivity index is 2.08. The van der Waals surface area contributed by atoms with Gasteiger partial charge in [0.25, 0.3) is 10.0 Å². The number of rotatable bonds is 3. The van der Waals surface area contributed by atoms with Crippen LogP contribution in [0.5, 0.6) is 0 Å². The molecule has 0 saturated carbocycles. The van der Waals surface area contributed by atoms with Crippen LogP contribution in [0.15, 0.2) is 29.4 Å². The zero-order valence-corrected chi connectivity index (χ0v) is 12.7. The maximum atomic E-state index is 12.8. The average Bonchev–Trinajstić information content (AvgIpc) is 3.01. The molecule has 7 heteroatoms. The Morgan fingerprint density at radius 1 is 1.45 bits per heavy atom. The number of halogens is 1. The fourth-order valence-corrected chi connectivity index (χ4v) is 4.78. The highest BCUT2D eigenvalue weighted by molar-refractivity contribution is 7.89. The van der Waals surface area contributed by atoms with E-state index in [0.717, 1.165) is 12.8 Å². The lowest BCUT2D eigenvalue weighted by Crippen LogP contribution is -2.30. The predicted molar refractivity (Wildman–Crippen MR) is 77.4 cm³/mol. The maximum absolute atomic E-state index is 12.8. The molecule has 0 aliphatic carbocycles. The molecule has 1 aliphatic rings. The number of hydrogen-bond donors (Lipinski definition) is 0. The van der Waals surface area contributed by atoms with E-state index in [1.165, 1.54) is 8.71 Å². The highest BCUT2D eigenvalue weighted by Crippen LogP contribution is 2.30. The van der Waals surface area contributed by atoms with E-state index in [9.17, 15) is 8.42 Å². The van der Waals surface area contributed by atoms with Crippen molar-refractivity contribution in [1.29, 1.82) is 0 Å². The third-order valence-electron chi connectivity index (χ3n) is 3.86. The monoisotopic (exact) mass is 313 g/mol. The number of sulfonamides is 1. The number of aromatic nitrogens is 2. The van der Waals surface area contributed by atoms with Crippen LogP contribution in [0.4, 0.5) is 0 Å². The molecule has 1 saturated heterocycles. The molecule has 1 aliphatic heterocycles. The molecule has 20 heavy (non-hydrogen) atoms. The summed E-state index contributed by atoms with van der Waals surface area (Å²) < 4.78 is 28.6. The zero-order chi connectivity index (χ0) is 14.3. The average molecular weight is 314 g/mol. The van der Waals surface area contributed by atoms with Crippen LogP contribution in [0.3, 0.4) is 0 Å². The maximum Gasteiger partial charge on any atom is 0.262 e. The molecule has 2 aromatic heterocycles. The van der Waals surface area contributed by atoms with Crippen LogP contribution in [0.2, 0.25) is 5.15 Å². The molecular weight excluding hydrogens is 298 g/mol. The smallest absolute Gasteiger partial charge is 0.262 e. The molecular formula is C13H16ClN3O2S. The highest BCUT2D eigenvalue weighted by atomic mass is 35.5. The minimum absolute atomic E-state index is 0.0381. The van der Waals surface area contributed by atoms with Crippen molar-refractivity contribution in [1.82, 2.24) is 13.7 Å². The van der Waals surface area contributed by atoms with E-state index in [1.54, 1.807) is 24.4 Å². The fourth-order valence-electron chi connectivity index (χ4n) is 2.65. The van der Waals surface area contributed by atoms with Gasteiger partial charge in [0.15, 0.2) is 10.2 Å². The third-order valence-corrected chi connectivity index (χ3v) is 6.12. The van der Waals surface area contributed by atoms with Crippen molar-refractivity contribution in [3.8, 4) is 0 Å². The fraction of sp³-hybridized carbons (Fsp3) is 0.462. The van der Waals surface area contributed by atoms with Gasteiger partial charge in [-0.3, -0.25) is 4.40 Å². The van der Waals surface area contributed by atoms with Gasteiger partial charge in [0.2, 0.25) is 0 Å². The van der Waals surface area contributed by atoms with Crippen LogP contribution in [-0.4, -0.2) is 35.2 Å². The van der Waals surface area contributed by atoms with Gasteiger partial charge in [-0.25, -0.2) is 13.4 Å². The molecule has 0 N–H and O–H groups in total. The molecule has 1 unspecified atom stereocenters. The van der Waals surface area contributed by atoms with Crippen LogP contribution >= 0.6 is 11.6 Å². The van der Waals surface area contributed by atoms with E-state index in [2.05, 4.69) is 11.9 Å². The van der Waals surface area contributed by atoms with Crippen LogP contribution in [0, 0.1) is 5.92 Å². The first-order chi connectivity index (χ1) is 9.54. The van der Waals surface area contributed by atoms with E-state index < -0.39 is 10.0 Å². The number of imidazole rings is 1. The van der Waals surface area contributed by atoms with Crippen molar-refractivity contribution in [2.45, 2.75) is 24.8 Å². The van der Waals surface area contributed by atoms with Crippen molar-refractivity contribution in [2.75, 3.05) is 13.1 Å². The molecule has 1 fully saturated rings. The largest absolute Gasteiger partial charge is 0.288 e. The summed E-state index contributed by atoms with van der Waals surface area (Å²) >= 11 is 6.06. The van der Waals surface area contributed by atoms with Gasteiger partial charge in [-0.1, -0.05) is 31.0 Å². The van der Waals surface area contributed by atoms with Crippen LogP contribution in [0.25, 0.3) is 5.65 Å². The second kappa shape index (κ2) is 5.02. The van der Waals surface area contributed by atoms with Crippen molar-refractivity contribution >= 4 is 27.3 Å². The molecule has 108 valence electrons. The SMILES string of the molecule is CCC1CCN(S(=O)(=O)c2c(Cl)nc3ccccn23)C1. The Morgan fingerprint density at radius 2 is 2.25 bits per heavy atom. The first-order valence-electron chi connectivity index (χ1n) is 6.66. The minimum atomic E-state index is -3.59. The van der Waals surface area contributed by atoms with E-state index in [4.69, 9.17) is 11.6 Å². The van der Waals surface area contributed by atoms with Gasteiger partial charge >= 0.3 is 0 Å². The topological polar surface area (TPSA) is 54.7 Å². The van der Waals surface area contributed by atoms with Crippen molar-refractivity contribution in [3.63, 3.8) is 0 Å². The van der Waals surface area contributed by atoms with Gasteiger partial charge < -0.3 is 0 Å². The third kappa shape index (κ3) is 2.12. The summed E-state index contributed by atoms with van der Waals surface area (Å²) in [6.45, 7) is 3.20. The lowest BCUT2D eigenvalue weighted by molar-refractivity contribution is 0.450. The molecule has 0 bridgehead atoms. The second-order valence-electron chi connectivity index (χ2n) is 5.06. The van der Waals surface area contributed by atoms with E-state index >= 15 is 0 Å². The van der Waals surface area contributed by atoms with Gasteiger partial charge in [-0.05, 0) is 24.5 Å². The molecule has 3 heterocycles. The number of fused-ring (bicyclic) bond motifs is 1. The quantitative estimate of drug-likeness (QED) is 0.874. The summed E-state index contributed by atoms with van der Waals surface area (Å²) in [5.41, 5.74) is 0.544. The highest BCUT2D eigenvalue weighted by Gasteiger charge is 2.35. The molecule has 0 radical (unpaired) electrons. The van der Waals surface area contributed by atoms with Crippen LogP contribution in [-0.2, 0) is 10.0 Å². The normalized spacial score (nSPS) is 20.8. The van der Waals surface area contributed by atoms with Gasteiger partial charge in [-0.15, -0.1) is 0 Å². The first kappa shape index (κ1) is 13.9. The van der Waals surface area contributed by atoms with Crippen LogP contribution < -0.4 is 0 Å². The van der Waals surface area contributed by atoms with Crippen LogP contribution in [0.1, 0.15) is 19.8 Å². The lowest BCUT2D eigenvalue weighted by Gasteiger charge is -2.16. The molecule has 0 spiro atoms. The molecule has 3 rings (SSSR count). The Morgan fingerprint density at radius 3 is 2.95 bits per heavy atom. The molecule has 0 aromatic carbocycles. The summed E-state index contributed by atoms with van der Waals surface area (Å²) in [6.07, 6.45) is 3.57. The summed E-state index contributed by atoms with van der Waals surface area (Å²) in [6, 6.07) is 5.31. The lowest BCUT2D eigenvalue weighted by atomic mass is 10.1. The Hall–Kier alpha value is -1.11. The number of pyridine rings is 1. The summed E-state index contributed by atoms with van der Waals surface area (Å²) in [5, 5.41) is 0.114. The van der Waals surface area contributed by atoms with E-state index in [0.29, 0.717) is 24.7 Å². The Labute approximate surface area is 123 Å². The first-order valence-corrected chi connectivity index (χ1v) is 8.48. The molecule has 2 aromatic rings. The van der Waals surface area contributed by atoms with Crippen molar-refractivity contribution in [3.05, 3.63) is 29.5 Å². The minimum Gasteiger partial charge on any atom is -0.288 e. The molecule has 5 nitrogen and oxygen atoms in total. The second-order valence-corrected chi connectivity index (χ2v) is 7.27. The predicted octanol–water partition coefficient (Wildman–Crippen LogP) is 2.41. The van der Waals surface area contributed by atoms with Crippen molar-refractivity contribution < 1.29 is 8.42 Å². The van der Waals surface area contributed by atoms with Gasteiger partial charge in [0, 0.05) is 19.3 Å². The van der Waals surface area contributed by atoms with Gasteiger partial charge in [0.1, 0.15) is 5.65 Å². The van der Waals surface area contributed by atoms with E-state index in [1.807, 2.05) is 0 Å². The summed E-state index contributed by atoms with van der Waals surface area (Å²) in [7, 11) is -3.59. The molecule has 0 amide bonds. The summed E-state index contributed by atoms with van der Waals surface area (Å²) in [4.78, 5) is 4.11. The van der Waals surface area contributed by atoms with Gasteiger partial charge in [0.05, 0.1) is 0 Å². The zero-order valence-electron chi connectivity index (χ0n) is 11.2. The number of hydrogen-bond acceptors (Lipinski definition) is 3. The van der Waals surface area contributed by atoms with E-state index in [-0.39, 0.29) is 10.2 Å².